The molecule has 0 radical (unpaired) electrons. The van der Waals surface area contributed by atoms with Crippen LogP contribution in [-0.2, 0) is 4.79 Å². The lowest BCUT2D eigenvalue weighted by molar-refractivity contribution is -0.132. The lowest BCUT2D eigenvalue weighted by atomic mass is 9.79. The number of rotatable bonds is 8. The van der Waals surface area contributed by atoms with Crippen molar-refractivity contribution < 1.29 is 19.4 Å². The zero-order valence-electron chi connectivity index (χ0n) is 23.0. The first-order chi connectivity index (χ1) is 18.1. The molecule has 1 unspecified atom stereocenters. The second-order valence-corrected chi connectivity index (χ2v) is 10.9. The van der Waals surface area contributed by atoms with Crippen molar-refractivity contribution in [2.45, 2.75) is 83.5 Å². The van der Waals surface area contributed by atoms with Crippen LogP contribution in [0.15, 0.2) is 48.5 Å². The highest BCUT2D eigenvalue weighted by Crippen LogP contribution is 2.43. The summed E-state index contributed by atoms with van der Waals surface area (Å²) in [5.41, 5.74) is 1.02. The average molecular weight is 521 g/mol. The Morgan fingerprint density at radius 1 is 1.18 bits per heavy atom. The van der Waals surface area contributed by atoms with Crippen molar-refractivity contribution in [3.05, 3.63) is 65.2 Å². The summed E-state index contributed by atoms with van der Waals surface area (Å²) in [4.78, 5) is 28.4. The summed E-state index contributed by atoms with van der Waals surface area (Å²) in [6.45, 7) is 9.73. The van der Waals surface area contributed by atoms with Gasteiger partial charge < -0.3 is 20.5 Å². The van der Waals surface area contributed by atoms with Gasteiger partial charge in [0.1, 0.15) is 11.4 Å². The number of carbonyl (C=O) groups excluding carboxylic acids is 2. The van der Waals surface area contributed by atoms with Gasteiger partial charge in [-0.25, -0.2) is 0 Å². The minimum atomic E-state index is -0.676. The molecule has 0 aliphatic carbocycles. The number of aliphatic hydroxyl groups is 1. The maximum absolute atomic E-state index is 13.6. The normalized spacial score (nSPS) is 22.6. The van der Waals surface area contributed by atoms with E-state index in [9.17, 15) is 14.7 Å². The highest BCUT2D eigenvalue weighted by Gasteiger charge is 2.44. The number of nitrogens with one attached hydrogen (secondary N) is 3. The van der Waals surface area contributed by atoms with Gasteiger partial charge in [0.2, 0.25) is 5.91 Å². The number of benzene rings is 2. The van der Waals surface area contributed by atoms with E-state index in [0.29, 0.717) is 24.2 Å². The van der Waals surface area contributed by atoms with Crippen LogP contribution in [-0.4, -0.2) is 45.5 Å². The van der Waals surface area contributed by atoms with Crippen LogP contribution in [0.3, 0.4) is 0 Å². The highest BCUT2D eigenvalue weighted by atomic mass is 16.5. The van der Waals surface area contributed by atoms with Crippen molar-refractivity contribution in [1.82, 2.24) is 15.5 Å². The van der Waals surface area contributed by atoms with E-state index in [1.165, 1.54) is 4.90 Å². The molecule has 2 aromatic rings. The molecule has 1 fully saturated rings. The molecule has 0 bridgehead atoms. The van der Waals surface area contributed by atoms with Gasteiger partial charge in [-0.05, 0) is 56.9 Å². The molecular formula is C30H40N4O4. The molecule has 2 amide bonds. The SMILES string of the molecule is CCC(c1cccc(C(=O)N[C@@H]2c3ccccc3OC(C)(C)[C@H]2CO)c1)N1C(=N)NC(CC)(CC)CC1=O. The fourth-order valence-corrected chi connectivity index (χ4v) is 5.85. The molecule has 2 aliphatic heterocycles. The molecular weight excluding hydrogens is 480 g/mol. The van der Waals surface area contributed by atoms with Gasteiger partial charge in [0.25, 0.3) is 5.91 Å². The maximum Gasteiger partial charge on any atom is 0.251 e. The van der Waals surface area contributed by atoms with E-state index < -0.39 is 11.6 Å². The summed E-state index contributed by atoms with van der Waals surface area (Å²) < 4.78 is 6.15. The van der Waals surface area contributed by atoms with E-state index in [1.807, 2.05) is 71.0 Å². The third kappa shape index (κ3) is 5.01. The van der Waals surface area contributed by atoms with Crippen molar-refractivity contribution in [2.24, 2.45) is 5.92 Å². The lowest BCUT2D eigenvalue weighted by Gasteiger charge is -2.45. The molecule has 8 heteroatoms. The van der Waals surface area contributed by atoms with Crippen molar-refractivity contribution in [3.8, 4) is 5.75 Å². The topological polar surface area (TPSA) is 115 Å². The maximum atomic E-state index is 13.6. The Kier molecular flexibility index (Phi) is 7.83. The average Bonchev–Trinajstić information content (AvgIpc) is 2.90. The van der Waals surface area contributed by atoms with Crippen molar-refractivity contribution in [3.63, 3.8) is 0 Å². The first-order valence-corrected chi connectivity index (χ1v) is 13.6. The number of hydrogen-bond donors (Lipinski definition) is 4. The molecule has 38 heavy (non-hydrogen) atoms. The van der Waals surface area contributed by atoms with Crippen LogP contribution < -0.4 is 15.4 Å². The molecule has 204 valence electrons. The summed E-state index contributed by atoms with van der Waals surface area (Å²) in [6, 6.07) is 14.0. The first kappa shape index (κ1) is 27.6. The first-order valence-electron chi connectivity index (χ1n) is 13.6. The number of aliphatic hydroxyl groups excluding tert-OH is 1. The van der Waals surface area contributed by atoms with Crippen LogP contribution in [0.1, 0.15) is 93.9 Å². The monoisotopic (exact) mass is 520 g/mol. The van der Waals surface area contributed by atoms with E-state index in [2.05, 4.69) is 10.6 Å². The number of nitrogens with zero attached hydrogens (tertiary/aromatic N) is 1. The summed E-state index contributed by atoms with van der Waals surface area (Å²) in [7, 11) is 0. The van der Waals surface area contributed by atoms with Crippen LogP contribution in [0.4, 0.5) is 0 Å². The van der Waals surface area contributed by atoms with Crippen molar-refractivity contribution in [1.29, 1.82) is 5.41 Å². The molecule has 4 rings (SSSR count). The minimum absolute atomic E-state index is 0.0778. The number of carbonyl (C=O) groups is 2. The number of amides is 2. The van der Waals surface area contributed by atoms with Gasteiger partial charge >= 0.3 is 0 Å². The molecule has 2 aromatic carbocycles. The molecule has 0 spiro atoms. The zero-order chi connectivity index (χ0) is 27.7. The second kappa shape index (κ2) is 10.8. The van der Waals surface area contributed by atoms with Gasteiger partial charge in [-0.1, -0.05) is 51.1 Å². The fraction of sp³-hybridized carbons (Fsp3) is 0.500. The Labute approximate surface area is 225 Å². The number of ether oxygens (including phenoxy) is 1. The Balaban J connectivity index is 1.60. The Bertz CT molecular complexity index is 1190. The Hall–Kier alpha value is -3.39. The molecule has 0 saturated carbocycles. The lowest BCUT2D eigenvalue weighted by Crippen LogP contribution is -2.62. The van der Waals surface area contributed by atoms with E-state index in [-0.39, 0.29) is 41.9 Å². The van der Waals surface area contributed by atoms with Crippen LogP contribution in [0.2, 0.25) is 0 Å². The molecule has 4 N–H and O–H groups in total. The van der Waals surface area contributed by atoms with E-state index >= 15 is 0 Å². The Morgan fingerprint density at radius 2 is 1.89 bits per heavy atom. The third-order valence-electron chi connectivity index (χ3n) is 8.37. The standard InChI is InChI=1S/C30H40N4O4/c1-6-23(34-25(36)17-30(7-2,8-3)33-28(34)31)19-12-11-13-20(16-19)27(37)32-26-21-14-9-10-15-24(21)38-29(4,5)22(26)18-35/h9-16,22-23,26,35H,6-8,17-18H2,1-5H3,(H2,31,33)(H,32,37)/t22-,23?,26+/m0/s1. The number of hydrogen-bond acceptors (Lipinski definition) is 5. The van der Waals surface area contributed by atoms with E-state index in [0.717, 1.165) is 24.0 Å². The fourth-order valence-electron chi connectivity index (χ4n) is 5.85. The molecule has 2 heterocycles. The van der Waals surface area contributed by atoms with Gasteiger partial charge in [-0.3, -0.25) is 19.9 Å². The van der Waals surface area contributed by atoms with Gasteiger partial charge in [0.05, 0.1) is 25.1 Å². The molecule has 1 saturated heterocycles. The van der Waals surface area contributed by atoms with Gasteiger partial charge in [0, 0.05) is 22.6 Å². The van der Waals surface area contributed by atoms with E-state index in [4.69, 9.17) is 10.1 Å². The molecule has 8 nitrogen and oxygen atoms in total. The smallest absolute Gasteiger partial charge is 0.251 e. The van der Waals surface area contributed by atoms with E-state index in [1.54, 1.807) is 12.1 Å². The van der Waals surface area contributed by atoms with Gasteiger partial charge in [-0.2, -0.15) is 0 Å². The van der Waals surface area contributed by atoms with Crippen molar-refractivity contribution >= 4 is 17.8 Å². The van der Waals surface area contributed by atoms with Crippen LogP contribution >= 0.6 is 0 Å². The third-order valence-corrected chi connectivity index (χ3v) is 8.37. The summed E-state index contributed by atoms with van der Waals surface area (Å²) in [6.07, 6.45) is 2.46. The predicted octanol–water partition coefficient (Wildman–Crippen LogP) is 4.70. The minimum Gasteiger partial charge on any atom is -0.487 e. The predicted molar refractivity (Wildman–Crippen MR) is 147 cm³/mol. The number of guanidine groups is 1. The summed E-state index contributed by atoms with van der Waals surface area (Å²) in [5.74, 6) is 0.108. The van der Waals surface area contributed by atoms with Crippen LogP contribution in [0, 0.1) is 11.3 Å². The van der Waals surface area contributed by atoms with Gasteiger partial charge in [-0.15, -0.1) is 0 Å². The summed E-state index contributed by atoms with van der Waals surface area (Å²) >= 11 is 0. The largest absolute Gasteiger partial charge is 0.487 e. The number of para-hydroxylation sites is 1. The molecule has 3 atom stereocenters. The van der Waals surface area contributed by atoms with Crippen LogP contribution in [0.5, 0.6) is 5.75 Å². The molecule has 0 aromatic heterocycles. The number of fused-ring (bicyclic) bond motifs is 1. The second-order valence-electron chi connectivity index (χ2n) is 10.9. The summed E-state index contributed by atoms with van der Waals surface area (Å²) in [5, 5.41) is 25.3. The molecule has 2 aliphatic rings. The van der Waals surface area contributed by atoms with Crippen LogP contribution in [0.25, 0.3) is 0 Å². The quantitative estimate of drug-likeness (QED) is 0.403. The zero-order valence-corrected chi connectivity index (χ0v) is 23.0. The Morgan fingerprint density at radius 3 is 2.53 bits per heavy atom. The van der Waals surface area contributed by atoms with Crippen molar-refractivity contribution in [2.75, 3.05) is 6.61 Å². The van der Waals surface area contributed by atoms with Gasteiger partial charge in [0.15, 0.2) is 5.96 Å². The highest BCUT2D eigenvalue weighted by molar-refractivity contribution is 6.00.